The van der Waals surface area contributed by atoms with Gasteiger partial charge in [0.2, 0.25) is 11.1 Å². The lowest BCUT2D eigenvalue weighted by Gasteiger charge is -2.09. The minimum Gasteiger partial charge on any atom is -0.327 e. The largest absolute Gasteiger partial charge is 0.327 e. The summed E-state index contributed by atoms with van der Waals surface area (Å²) in [7, 11) is 1.96. The second-order valence-corrected chi connectivity index (χ2v) is 8.92. The van der Waals surface area contributed by atoms with Crippen molar-refractivity contribution in [3.63, 3.8) is 0 Å². The smallest absolute Gasteiger partial charge is 0.239 e. The number of nitrogens with one attached hydrogen (secondary N) is 1. The normalized spacial score (nSPS) is 12.6. The molecule has 0 aliphatic rings. The summed E-state index contributed by atoms with van der Waals surface area (Å²) in [4.78, 5) is 21.7. The highest BCUT2D eigenvalue weighted by molar-refractivity contribution is 8.00. The van der Waals surface area contributed by atoms with Gasteiger partial charge in [-0.05, 0) is 25.1 Å². The summed E-state index contributed by atoms with van der Waals surface area (Å²) in [5.41, 5.74) is 3.44. The lowest BCUT2D eigenvalue weighted by atomic mass is 10.2. The van der Waals surface area contributed by atoms with Crippen LogP contribution in [0.2, 0.25) is 0 Å². The van der Waals surface area contributed by atoms with E-state index < -0.39 is 5.25 Å². The first-order valence-electron chi connectivity index (χ1n) is 9.01. The molecule has 5 rings (SSSR count). The molecule has 0 bridgehead atoms. The van der Waals surface area contributed by atoms with Crippen molar-refractivity contribution in [1.29, 1.82) is 0 Å². The minimum absolute atomic E-state index is 0.144. The molecule has 1 N–H and O–H groups in total. The highest BCUT2D eigenvalue weighted by atomic mass is 32.2. The molecule has 144 valence electrons. The van der Waals surface area contributed by atoms with Crippen LogP contribution in [-0.2, 0) is 11.8 Å². The van der Waals surface area contributed by atoms with Gasteiger partial charge in [-0.25, -0.2) is 9.97 Å². The van der Waals surface area contributed by atoms with Crippen molar-refractivity contribution in [2.45, 2.75) is 17.3 Å². The third-order valence-electron chi connectivity index (χ3n) is 4.66. The fourth-order valence-corrected chi connectivity index (χ4v) is 4.76. The molecule has 0 aliphatic carbocycles. The first-order chi connectivity index (χ1) is 14.1. The van der Waals surface area contributed by atoms with Gasteiger partial charge >= 0.3 is 0 Å². The number of anilines is 1. The summed E-state index contributed by atoms with van der Waals surface area (Å²) in [6, 6.07) is 15.8. The van der Waals surface area contributed by atoms with Crippen molar-refractivity contribution in [2.24, 2.45) is 7.05 Å². The highest BCUT2D eigenvalue weighted by Gasteiger charge is 2.19. The van der Waals surface area contributed by atoms with Crippen LogP contribution in [0.3, 0.4) is 0 Å². The Hall–Kier alpha value is -3.04. The molecule has 1 atom stereocenters. The first-order valence-corrected chi connectivity index (χ1v) is 10.7. The molecule has 0 saturated heterocycles. The van der Waals surface area contributed by atoms with E-state index in [4.69, 9.17) is 0 Å². The Bertz CT molecular complexity index is 1340. The van der Waals surface area contributed by atoms with Crippen LogP contribution >= 0.6 is 23.1 Å². The van der Waals surface area contributed by atoms with Gasteiger partial charge in [-0.2, -0.15) is 0 Å². The van der Waals surface area contributed by atoms with Crippen molar-refractivity contribution >= 4 is 66.4 Å². The molecule has 3 aromatic heterocycles. The minimum atomic E-state index is -0.393. The van der Waals surface area contributed by atoms with Gasteiger partial charge in [-0.1, -0.05) is 53.4 Å². The third-order valence-corrected chi connectivity index (χ3v) is 6.57. The SMILES string of the molecule is CC(Sc1nnc2c3ccccc3n(C)c2n1)C(=O)Nc1nc2ccccc2s1. The maximum atomic E-state index is 12.6. The van der Waals surface area contributed by atoms with E-state index in [2.05, 4.69) is 25.5 Å². The van der Waals surface area contributed by atoms with Crippen molar-refractivity contribution in [3.8, 4) is 0 Å². The molecule has 0 spiro atoms. The molecule has 9 heteroatoms. The van der Waals surface area contributed by atoms with Crippen LogP contribution in [0.1, 0.15) is 6.92 Å². The maximum absolute atomic E-state index is 12.6. The summed E-state index contributed by atoms with van der Waals surface area (Å²) in [6.07, 6.45) is 0. The highest BCUT2D eigenvalue weighted by Crippen LogP contribution is 2.29. The molecule has 0 fully saturated rings. The van der Waals surface area contributed by atoms with Gasteiger partial charge in [0, 0.05) is 12.4 Å². The summed E-state index contributed by atoms with van der Waals surface area (Å²) in [6.45, 7) is 1.82. The van der Waals surface area contributed by atoms with E-state index in [-0.39, 0.29) is 5.91 Å². The summed E-state index contributed by atoms with van der Waals surface area (Å²) < 4.78 is 3.03. The summed E-state index contributed by atoms with van der Waals surface area (Å²) >= 11 is 2.73. The monoisotopic (exact) mass is 420 g/mol. The summed E-state index contributed by atoms with van der Waals surface area (Å²) in [5.74, 6) is -0.144. The van der Waals surface area contributed by atoms with Gasteiger partial charge in [0.25, 0.3) is 0 Å². The van der Waals surface area contributed by atoms with E-state index in [0.717, 1.165) is 32.3 Å². The van der Waals surface area contributed by atoms with Gasteiger partial charge in [-0.15, -0.1) is 10.2 Å². The van der Waals surface area contributed by atoms with E-state index in [9.17, 15) is 4.79 Å². The number of benzene rings is 2. The van der Waals surface area contributed by atoms with Gasteiger partial charge in [-0.3, -0.25) is 4.79 Å². The average molecular weight is 421 g/mol. The molecular formula is C20H16N6OS2. The molecule has 1 unspecified atom stereocenters. The number of nitrogens with zero attached hydrogens (tertiary/aromatic N) is 5. The van der Waals surface area contributed by atoms with Gasteiger partial charge in [0.05, 0.1) is 21.0 Å². The lowest BCUT2D eigenvalue weighted by molar-refractivity contribution is -0.115. The molecule has 0 radical (unpaired) electrons. The first kappa shape index (κ1) is 18.0. The van der Waals surface area contributed by atoms with Gasteiger partial charge in [0.15, 0.2) is 10.8 Å². The number of aryl methyl sites for hydroxylation is 1. The standard InChI is InChI=1S/C20H16N6OS2/c1-11(18(27)23-19-21-13-8-4-6-10-15(13)29-19)28-20-22-17-16(24-25-20)12-7-3-5-9-14(12)26(17)2/h3-11H,1-2H3,(H,21,23,27). The summed E-state index contributed by atoms with van der Waals surface area (Å²) in [5, 5.41) is 13.2. The van der Waals surface area contributed by atoms with E-state index in [1.54, 1.807) is 0 Å². The van der Waals surface area contributed by atoms with E-state index in [1.165, 1.54) is 23.1 Å². The average Bonchev–Trinajstić information content (AvgIpc) is 3.27. The Balaban J connectivity index is 1.37. The number of para-hydroxylation sites is 2. The van der Waals surface area contributed by atoms with Crippen LogP contribution in [0.25, 0.3) is 32.3 Å². The number of thiazole rings is 1. The van der Waals surface area contributed by atoms with Gasteiger partial charge < -0.3 is 9.88 Å². The Labute approximate surface area is 174 Å². The lowest BCUT2D eigenvalue weighted by Crippen LogP contribution is -2.22. The molecule has 1 amide bonds. The molecule has 29 heavy (non-hydrogen) atoms. The number of fused-ring (bicyclic) bond motifs is 4. The van der Waals surface area contributed by atoms with Crippen LogP contribution in [0.15, 0.2) is 53.7 Å². The molecular weight excluding hydrogens is 404 g/mol. The Morgan fingerprint density at radius 1 is 1.10 bits per heavy atom. The Morgan fingerprint density at radius 2 is 1.90 bits per heavy atom. The molecule has 0 saturated carbocycles. The number of amides is 1. The van der Waals surface area contributed by atoms with E-state index >= 15 is 0 Å². The Kier molecular flexibility index (Phi) is 4.40. The zero-order valence-corrected chi connectivity index (χ0v) is 17.3. The molecule has 0 aliphatic heterocycles. The van der Waals surface area contributed by atoms with Crippen LogP contribution < -0.4 is 5.32 Å². The molecule has 2 aromatic carbocycles. The van der Waals surface area contributed by atoms with Crippen LogP contribution in [0, 0.1) is 0 Å². The van der Waals surface area contributed by atoms with Crippen molar-refractivity contribution in [3.05, 3.63) is 48.5 Å². The number of aromatic nitrogens is 5. The van der Waals surface area contributed by atoms with E-state index in [1.807, 2.05) is 67.1 Å². The Morgan fingerprint density at radius 3 is 2.76 bits per heavy atom. The van der Waals surface area contributed by atoms with Gasteiger partial charge in [0.1, 0.15) is 5.52 Å². The zero-order chi connectivity index (χ0) is 20.0. The molecule has 3 heterocycles. The number of rotatable bonds is 4. The predicted molar refractivity (Wildman–Crippen MR) is 117 cm³/mol. The number of hydrogen-bond donors (Lipinski definition) is 1. The molecule has 5 aromatic rings. The quantitative estimate of drug-likeness (QED) is 0.438. The number of hydrogen-bond acceptors (Lipinski definition) is 7. The number of carbonyl (C=O) groups is 1. The van der Waals surface area contributed by atoms with E-state index in [0.29, 0.717) is 10.3 Å². The number of thioether (sulfide) groups is 1. The van der Waals surface area contributed by atoms with Crippen molar-refractivity contribution in [2.75, 3.05) is 5.32 Å². The van der Waals surface area contributed by atoms with Crippen molar-refractivity contribution in [1.82, 2.24) is 24.7 Å². The fraction of sp³-hybridized carbons (Fsp3) is 0.150. The predicted octanol–water partition coefficient (Wildman–Crippen LogP) is 4.25. The molecule has 7 nitrogen and oxygen atoms in total. The van der Waals surface area contributed by atoms with Crippen LogP contribution in [0.4, 0.5) is 5.13 Å². The third kappa shape index (κ3) is 3.22. The zero-order valence-electron chi connectivity index (χ0n) is 15.7. The van der Waals surface area contributed by atoms with Crippen LogP contribution in [-0.4, -0.2) is 35.9 Å². The maximum Gasteiger partial charge on any atom is 0.239 e. The van der Waals surface area contributed by atoms with Crippen molar-refractivity contribution < 1.29 is 4.79 Å². The fourth-order valence-electron chi connectivity index (χ4n) is 3.19. The van der Waals surface area contributed by atoms with Crippen LogP contribution in [0.5, 0.6) is 0 Å². The number of carbonyl (C=O) groups excluding carboxylic acids is 1. The topological polar surface area (TPSA) is 85.6 Å². The second kappa shape index (κ2) is 7.09. The second-order valence-electron chi connectivity index (χ2n) is 6.58.